The molecule has 1 heterocycles. The van der Waals surface area contributed by atoms with Gasteiger partial charge in [0.15, 0.2) is 5.82 Å². The molecule has 0 N–H and O–H groups in total. The lowest BCUT2D eigenvalue weighted by Gasteiger charge is -2.12. The van der Waals surface area contributed by atoms with Crippen molar-refractivity contribution in [2.24, 2.45) is 0 Å². The monoisotopic (exact) mass is 326 g/mol. The summed E-state index contributed by atoms with van der Waals surface area (Å²) in [7, 11) is 0. The Morgan fingerprint density at radius 2 is 1.95 bits per heavy atom. The van der Waals surface area contributed by atoms with Crippen LogP contribution in [0.1, 0.15) is 11.4 Å². The van der Waals surface area contributed by atoms with Crippen molar-refractivity contribution < 1.29 is 8.78 Å². The number of halogens is 4. The molecule has 0 saturated heterocycles. The summed E-state index contributed by atoms with van der Waals surface area (Å²) < 4.78 is 30.0. The van der Waals surface area contributed by atoms with Gasteiger partial charge in [-0.25, -0.2) is 13.8 Å². The minimum Gasteiger partial charge on any atom is -0.290 e. The molecule has 0 bridgehead atoms. The summed E-state index contributed by atoms with van der Waals surface area (Å²) in [6.07, 6.45) is 0. The Labute approximate surface area is 129 Å². The molecule has 0 amide bonds. The third kappa shape index (κ3) is 2.28. The first-order valence-electron chi connectivity index (χ1n) is 6.20. The van der Waals surface area contributed by atoms with Crippen molar-refractivity contribution in [1.82, 2.24) is 9.55 Å². The van der Waals surface area contributed by atoms with E-state index in [9.17, 15) is 8.78 Å². The Morgan fingerprint density at radius 3 is 2.67 bits per heavy atom. The number of hydrogen-bond donors (Lipinski definition) is 0. The molecule has 0 aliphatic carbocycles. The van der Waals surface area contributed by atoms with E-state index in [-0.39, 0.29) is 11.6 Å². The predicted octanol–water partition coefficient (Wildman–Crippen LogP) is 5.00. The second kappa shape index (κ2) is 5.28. The second-order valence-corrected chi connectivity index (χ2v) is 5.36. The van der Waals surface area contributed by atoms with E-state index in [1.807, 2.05) is 0 Å². The average molecular weight is 327 g/mol. The van der Waals surface area contributed by atoms with Gasteiger partial charge in [-0.15, -0.1) is 11.6 Å². The van der Waals surface area contributed by atoms with Crippen LogP contribution in [0.25, 0.3) is 16.7 Å². The van der Waals surface area contributed by atoms with Gasteiger partial charge in [0, 0.05) is 5.02 Å². The summed E-state index contributed by atoms with van der Waals surface area (Å²) in [5, 5.41) is 0.457. The van der Waals surface area contributed by atoms with Gasteiger partial charge in [-0.05, 0) is 36.8 Å². The molecule has 108 valence electrons. The SMILES string of the molecule is Cc1ccc(F)c(-n2c(CCl)nc3ccc(Cl)cc32)c1F. The minimum absolute atomic E-state index is 0.0269. The lowest BCUT2D eigenvalue weighted by Crippen LogP contribution is -2.06. The highest BCUT2D eigenvalue weighted by Gasteiger charge is 2.20. The molecule has 0 radical (unpaired) electrons. The zero-order valence-corrected chi connectivity index (χ0v) is 12.5. The van der Waals surface area contributed by atoms with E-state index in [2.05, 4.69) is 4.98 Å². The van der Waals surface area contributed by atoms with Crippen molar-refractivity contribution >= 4 is 34.2 Å². The summed E-state index contributed by atoms with van der Waals surface area (Å²) in [5.41, 5.74) is 1.25. The van der Waals surface area contributed by atoms with Crippen LogP contribution in [0.15, 0.2) is 30.3 Å². The fourth-order valence-electron chi connectivity index (χ4n) is 2.28. The zero-order valence-electron chi connectivity index (χ0n) is 11.0. The molecule has 3 aromatic rings. The molecule has 0 spiro atoms. The largest absolute Gasteiger partial charge is 0.290 e. The number of hydrogen-bond acceptors (Lipinski definition) is 1. The van der Waals surface area contributed by atoms with Crippen molar-refractivity contribution in [2.45, 2.75) is 12.8 Å². The Bertz CT molecular complexity index is 843. The number of rotatable bonds is 2. The van der Waals surface area contributed by atoms with Crippen LogP contribution in [0.5, 0.6) is 0 Å². The lowest BCUT2D eigenvalue weighted by molar-refractivity contribution is 0.563. The molecular weight excluding hydrogens is 317 g/mol. The topological polar surface area (TPSA) is 17.8 Å². The van der Waals surface area contributed by atoms with E-state index < -0.39 is 11.6 Å². The molecular formula is C15H10Cl2F2N2. The van der Waals surface area contributed by atoms with Gasteiger partial charge in [0.2, 0.25) is 0 Å². The van der Waals surface area contributed by atoms with Gasteiger partial charge in [0.25, 0.3) is 0 Å². The predicted molar refractivity (Wildman–Crippen MR) is 80.3 cm³/mol. The van der Waals surface area contributed by atoms with Gasteiger partial charge in [-0.2, -0.15) is 0 Å². The fraction of sp³-hybridized carbons (Fsp3) is 0.133. The number of aryl methyl sites for hydroxylation is 1. The Kier molecular flexibility index (Phi) is 3.59. The standard InChI is InChI=1S/C15H10Cl2F2N2/c1-8-2-4-10(18)15(14(8)19)21-12-6-9(17)3-5-11(12)20-13(21)7-16/h2-6H,7H2,1H3. The quantitative estimate of drug-likeness (QED) is 0.605. The van der Waals surface area contributed by atoms with E-state index in [1.165, 1.54) is 16.7 Å². The molecule has 0 fully saturated rings. The van der Waals surface area contributed by atoms with E-state index in [1.54, 1.807) is 25.1 Å². The van der Waals surface area contributed by atoms with Crippen molar-refractivity contribution in [1.29, 1.82) is 0 Å². The summed E-state index contributed by atoms with van der Waals surface area (Å²) >= 11 is 11.9. The van der Waals surface area contributed by atoms with Gasteiger partial charge in [0.05, 0.1) is 16.9 Å². The second-order valence-electron chi connectivity index (χ2n) is 4.66. The number of aromatic nitrogens is 2. The van der Waals surface area contributed by atoms with Crippen molar-refractivity contribution in [3.63, 3.8) is 0 Å². The molecule has 2 nitrogen and oxygen atoms in total. The molecule has 0 aliphatic rings. The van der Waals surface area contributed by atoms with Gasteiger partial charge >= 0.3 is 0 Å². The lowest BCUT2D eigenvalue weighted by atomic mass is 10.2. The van der Waals surface area contributed by atoms with Crippen LogP contribution in [0.2, 0.25) is 5.02 Å². The van der Waals surface area contributed by atoms with Crippen LogP contribution in [-0.2, 0) is 5.88 Å². The highest BCUT2D eigenvalue weighted by Crippen LogP contribution is 2.29. The maximum Gasteiger partial charge on any atom is 0.153 e. The Morgan fingerprint density at radius 1 is 1.19 bits per heavy atom. The molecule has 0 aliphatic heterocycles. The Hall–Kier alpha value is -1.65. The summed E-state index contributed by atoms with van der Waals surface area (Å²) in [6, 6.07) is 7.59. The fourth-order valence-corrected chi connectivity index (χ4v) is 2.63. The number of alkyl halides is 1. The third-order valence-electron chi connectivity index (χ3n) is 3.29. The first kappa shape index (κ1) is 14.3. The van der Waals surface area contributed by atoms with Crippen LogP contribution in [0, 0.1) is 18.6 Å². The number of imidazole rings is 1. The molecule has 1 aromatic heterocycles. The minimum atomic E-state index is -0.677. The number of nitrogens with zero attached hydrogens (tertiary/aromatic N) is 2. The van der Waals surface area contributed by atoms with E-state index >= 15 is 0 Å². The molecule has 21 heavy (non-hydrogen) atoms. The molecule has 0 unspecified atom stereocenters. The zero-order chi connectivity index (χ0) is 15.1. The molecule has 2 aromatic carbocycles. The van der Waals surface area contributed by atoms with Crippen molar-refractivity contribution in [3.8, 4) is 5.69 Å². The number of fused-ring (bicyclic) bond motifs is 1. The highest BCUT2D eigenvalue weighted by molar-refractivity contribution is 6.31. The van der Waals surface area contributed by atoms with Crippen molar-refractivity contribution in [3.05, 3.63) is 58.4 Å². The van der Waals surface area contributed by atoms with Gasteiger partial charge < -0.3 is 0 Å². The van der Waals surface area contributed by atoms with E-state index in [0.717, 1.165) is 0 Å². The van der Waals surface area contributed by atoms with Crippen molar-refractivity contribution in [2.75, 3.05) is 0 Å². The average Bonchev–Trinajstić information content (AvgIpc) is 2.81. The highest BCUT2D eigenvalue weighted by atomic mass is 35.5. The molecule has 0 atom stereocenters. The summed E-state index contributed by atoms with van der Waals surface area (Å²) in [6.45, 7) is 1.57. The summed E-state index contributed by atoms with van der Waals surface area (Å²) in [5.74, 6) is -0.930. The Balaban J connectivity index is 2.44. The van der Waals surface area contributed by atoms with E-state index in [4.69, 9.17) is 23.2 Å². The first-order chi connectivity index (χ1) is 10.0. The van der Waals surface area contributed by atoms with E-state index in [0.29, 0.717) is 27.4 Å². The van der Waals surface area contributed by atoms with Crippen LogP contribution < -0.4 is 0 Å². The third-order valence-corrected chi connectivity index (χ3v) is 3.76. The maximum atomic E-state index is 14.4. The molecule has 3 rings (SSSR count). The van der Waals surface area contributed by atoms with Crippen LogP contribution in [-0.4, -0.2) is 9.55 Å². The van der Waals surface area contributed by atoms with Crippen LogP contribution in [0.4, 0.5) is 8.78 Å². The smallest absolute Gasteiger partial charge is 0.153 e. The van der Waals surface area contributed by atoms with Gasteiger partial charge in [-0.1, -0.05) is 17.7 Å². The van der Waals surface area contributed by atoms with Crippen LogP contribution >= 0.6 is 23.2 Å². The molecule has 0 saturated carbocycles. The van der Waals surface area contributed by atoms with Gasteiger partial charge in [0.1, 0.15) is 17.3 Å². The number of benzene rings is 2. The normalized spacial score (nSPS) is 11.3. The van der Waals surface area contributed by atoms with Gasteiger partial charge in [-0.3, -0.25) is 4.57 Å². The van der Waals surface area contributed by atoms with Crippen LogP contribution in [0.3, 0.4) is 0 Å². The first-order valence-corrected chi connectivity index (χ1v) is 7.12. The molecule has 6 heteroatoms. The maximum absolute atomic E-state index is 14.4. The summed E-state index contributed by atoms with van der Waals surface area (Å²) in [4.78, 5) is 4.30.